The lowest BCUT2D eigenvalue weighted by atomic mass is 9.94. The molecule has 2 heteroatoms. The van der Waals surface area contributed by atoms with E-state index in [1.165, 1.54) is 70.2 Å². The van der Waals surface area contributed by atoms with Gasteiger partial charge in [0.25, 0.3) is 0 Å². The molecule has 2 aromatic heterocycles. The average Bonchev–Trinajstić information content (AvgIpc) is 3.76. The van der Waals surface area contributed by atoms with Crippen molar-refractivity contribution in [1.82, 2.24) is 0 Å². The molecule has 0 saturated carbocycles. The van der Waals surface area contributed by atoms with E-state index in [1.54, 1.807) is 0 Å². The number of fused-ring (bicyclic) bond motifs is 6. The molecule has 234 valence electrons. The van der Waals surface area contributed by atoms with Crippen molar-refractivity contribution in [3.05, 3.63) is 182 Å². The summed E-state index contributed by atoms with van der Waals surface area (Å²) >= 11 is 1.87. The predicted octanol–water partition coefficient (Wildman–Crippen LogP) is 14.3. The van der Waals surface area contributed by atoms with Crippen LogP contribution in [-0.2, 0) is 0 Å². The standard InChI is InChI=1S/C48H30OS/c1-3-19-45-41(17-1)42-23-21-39(29-46(42)49-45)37-15-7-13-35(27-37)33-11-5-9-31(25-33)32-10-6-12-34(26-32)36-14-8-16-38(28-36)40-22-24-44-43-18-2-4-20-47(43)50-48(44)30-40/h1-30H. The molecule has 0 bridgehead atoms. The van der Waals surface area contributed by atoms with Crippen molar-refractivity contribution >= 4 is 53.4 Å². The summed E-state index contributed by atoms with van der Waals surface area (Å²) in [4.78, 5) is 0. The van der Waals surface area contributed by atoms with E-state index < -0.39 is 0 Å². The molecule has 0 amide bonds. The zero-order valence-corrected chi connectivity index (χ0v) is 28.0. The first-order valence-corrected chi connectivity index (χ1v) is 17.8. The zero-order chi connectivity index (χ0) is 33.0. The quantitative estimate of drug-likeness (QED) is 0.180. The fraction of sp³-hybridized carbons (Fsp3) is 0. The van der Waals surface area contributed by atoms with Crippen molar-refractivity contribution < 1.29 is 4.42 Å². The Morgan fingerprint density at radius 3 is 1.22 bits per heavy atom. The Hall–Kier alpha value is -6.22. The lowest BCUT2D eigenvalue weighted by Gasteiger charge is -2.11. The predicted molar refractivity (Wildman–Crippen MR) is 214 cm³/mol. The van der Waals surface area contributed by atoms with Gasteiger partial charge in [-0.05, 0) is 110 Å². The minimum absolute atomic E-state index is 0.916. The first-order chi connectivity index (χ1) is 24.7. The molecule has 8 aromatic carbocycles. The Morgan fingerprint density at radius 1 is 0.260 bits per heavy atom. The number of benzene rings is 8. The third-order valence-corrected chi connectivity index (χ3v) is 11.0. The van der Waals surface area contributed by atoms with Gasteiger partial charge in [-0.15, -0.1) is 11.3 Å². The Morgan fingerprint density at radius 2 is 0.660 bits per heavy atom. The van der Waals surface area contributed by atoms with Gasteiger partial charge in [-0.1, -0.05) is 127 Å². The lowest BCUT2D eigenvalue weighted by molar-refractivity contribution is 0.669. The van der Waals surface area contributed by atoms with Crippen LogP contribution in [0.4, 0.5) is 0 Å². The van der Waals surface area contributed by atoms with Gasteiger partial charge in [0.15, 0.2) is 0 Å². The van der Waals surface area contributed by atoms with Crippen molar-refractivity contribution in [2.75, 3.05) is 0 Å². The number of thiophene rings is 1. The van der Waals surface area contributed by atoms with Crippen LogP contribution >= 0.6 is 11.3 Å². The minimum Gasteiger partial charge on any atom is -0.456 e. The van der Waals surface area contributed by atoms with E-state index in [-0.39, 0.29) is 0 Å². The summed E-state index contributed by atoms with van der Waals surface area (Å²) in [5.74, 6) is 0. The molecular formula is C48H30OS. The molecule has 0 aliphatic carbocycles. The van der Waals surface area contributed by atoms with Gasteiger partial charge in [0, 0.05) is 30.9 Å². The summed E-state index contributed by atoms with van der Waals surface area (Å²) in [5.41, 5.74) is 13.8. The maximum Gasteiger partial charge on any atom is 0.136 e. The second-order valence-corrected chi connectivity index (χ2v) is 14.0. The van der Waals surface area contributed by atoms with Crippen molar-refractivity contribution in [2.24, 2.45) is 0 Å². The minimum atomic E-state index is 0.916. The van der Waals surface area contributed by atoms with Crippen LogP contribution in [0.3, 0.4) is 0 Å². The molecule has 50 heavy (non-hydrogen) atoms. The molecule has 10 aromatic rings. The highest BCUT2D eigenvalue weighted by Gasteiger charge is 2.11. The molecule has 0 radical (unpaired) electrons. The topological polar surface area (TPSA) is 13.1 Å². The summed E-state index contributed by atoms with van der Waals surface area (Å²) in [6.45, 7) is 0. The largest absolute Gasteiger partial charge is 0.456 e. The van der Waals surface area contributed by atoms with Gasteiger partial charge in [-0.3, -0.25) is 0 Å². The Bertz CT molecular complexity index is 2690. The molecule has 0 aliphatic rings. The summed E-state index contributed by atoms with van der Waals surface area (Å²) in [5, 5.41) is 4.97. The summed E-state index contributed by atoms with van der Waals surface area (Å²) in [7, 11) is 0. The van der Waals surface area contributed by atoms with Crippen LogP contribution in [0.1, 0.15) is 0 Å². The molecule has 0 N–H and O–H groups in total. The summed E-state index contributed by atoms with van der Waals surface area (Å²) < 4.78 is 8.85. The average molecular weight is 655 g/mol. The Balaban J connectivity index is 0.958. The van der Waals surface area contributed by atoms with E-state index in [4.69, 9.17) is 4.42 Å². The van der Waals surface area contributed by atoms with Crippen molar-refractivity contribution in [3.63, 3.8) is 0 Å². The molecule has 2 heterocycles. The van der Waals surface area contributed by atoms with Crippen LogP contribution in [0.2, 0.25) is 0 Å². The van der Waals surface area contributed by atoms with Crippen LogP contribution in [-0.4, -0.2) is 0 Å². The van der Waals surface area contributed by atoms with Gasteiger partial charge in [0.1, 0.15) is 11.2 Å². The summed E-state index contributed by atoms with van der Waals surface area (Å²) in [6, 6.07) is 65.8. The molecule has 0 unspecified atom stereocenters. The van der Waals surface area contributed by atoms with E-state index in [9.17, 15) is 0 Å². The highest BCUT2D eigenvalue weighted by molar-refractivity contribution is 7.25. The first kappa shape index (κ1) is 28.8. The highest BCUT2D eigenvalue weighted by Crippen LogP contribution is 2.38. The van der Waals surface area contributed by atoms with Gasteiger partial charge in [-0.25, -0.2) is 0 Å². The van der Waals surface area contributed by atoms with Crippen molar-refractivity contribution in [3.8, 4) is 55.6 Å². The van der Waals surface area contributed by atoms with Gasteiger partial charge in [-0.2, -0.15) is 0 Å². The van der Waals surface area contributed by atoms with Gasteiger partial charge in [0.05, 0.1) is 0 Å². The normalized spacial score (nSPS) is 11.6. The second-order valence-electron chi connectivity index (χ2n) is 12.9. The molecular weight excluding hydrogens is 625 g/mol. The van der Waals surface area contributed by atoms with Gasteiger partial charge >= 0.3 is 0 Å². The maximum absolute atomic E-state index is 6.19. The fourth-order valence-electron chi connectivity index (χ4n) is 7.32. The molecule has 10 rings (SSSR count). The maximum atomic E-state index is 6.19. The van der Waals surface area contributed by atoms with Crippen LogP contribution in [0, 0.1) is 0 Å². The number of hydrogen-bond acceptors (Lipinski definition) is 2. The van der Waals surface area contributed by atoms with Crippen LogP contribution in [0.25, 0.3) is 97.7 Å². The summed E-state index contributed by atoms with van der Waals surface area (Å²) in [6.07, 6.45) is 0. The van der Waals surface area contributed by atoms with E-state index >= 15 is 0 Å². The Kier molecular flexibility index (Phi) is 6.75. The number of furan rings is 1. The first-order valence-electron chi connectivity index (χ1n) is 17.0. The second kappa shape index (κ2) is 11.7. The van der Waals surface area contributed by atoms with E-state index in [1.807, 2.05) is 23.5 Å². The third-order valence-electron chi connectivity index (χ3n) is 9.87. The van der Waals surface area contributed by atoms with Crippen LogP contribution in [0.15, 0.2) is 186 Å². The third kappa shape index (κ3) is 5.01. The molecule has 0 saturated heterocycles. The number of hydrogen-bond donors (Lipinski definition) is 0. The lowest BCUT2D eigenvalue weighted by Crippen LogP contribution is -1.85. The molecule has 0 fully saturated rings. The van der Waals surface area contributed by atoms with Crippen molar-refractivity contribution in [2.45, 2.75) is 0 Å². The Labute approximate surface area is 294 Å². The van der Waals surface area contributed by atoms with Crippen LogP contribution in [0.5, 0.6) is 0 Å². The SMILES string of the molecule is c1cc(-c2cccc(-c3cccc(-c4ccc5c(c4)sc4ccccc45)c3)c2)cc(-c2cccc(-c3ccc4c(c3)oc3ccccc34)c2)c1. The number of para-hydroxylation sites is 1. The van der Waals surface area contributed by atoms with Gasteiger partial charge in [0.2, 0.25) is 0 Å². The van der Waals surface area contributed by atoms with Crippen molar-refractivity contribution in [1.29, 1.82) is 0 Å². The molecule has 1 nitrogen and oxygen atoms in total. The highest BCUT2D eigenvalue weighted by atomic mass is 32.1. The van der Waals surface area contributed by atoms with Crippen LogP contribution < -0.4 is 0 Å². The number of rotatable bonds is 5. The fourth-order valence-corrected chi connectivity index (χ4v) is 8.47. The molecule has 0 atom stereocenters. The van der Waals surface area contributed by atoms with E-state index in [0.717, 1.165) is 27.5 Å². The monoisotopic (exact) mass is 654 g/mol. The zero-order valence-electron chi connectivity index (χ0n) is 27.1. The van der Waals surface area contributed by atoms with Gasteiger partial charge < -0.3 is 4.42 Å². The smallest absolute Gasteiger partial charge is 0.136 e. The molecule has 0 spiro atoms. The van der Waals surface area contributed by atoms with E-state index in [0.29, 0.717) is 0 Å². The molecule has 0 aliphatic heterocycles. The van der Waals surface area contributed by atoms with E-state index in [2.05, 4.69) is 170 Å².